The van der Waals surface area contributed by atoms with Crippen LogP contribution >= 0.6 is 0 Å². The van der Waals surface area contributed by atoms with Gasteiger partial charge in [0.1, 0.15) is 0 Å². The van der Waals surface area contributed by atoms with E-state index < -0.39 is 4.92 Å². The summed E-state index contributed by atoms with van der Waals surface area (Å²) in [5.41, 5.74) is 1.67. The van der Waals surface area contributed by atoms with Crippen molar-refractivity contribution < 1.29 is 4.92 Å². The van der Waals surface area contributed by atoms with Crippen LogP contribution in [0.15, 0.2) is 24.3 Å². The molecule has 11 heavy (non-hydrogen) atoms. The van der Waals surface area contributed by atoms with Gasteiger partial charge in [-0.3, -0.25) is 10.1 Å². The van der Waals surface area contributed by atoms with Gasteiger partial charge in [-0.15, -0.1) is 0 Å². The monoisotopic (exact) mass is 153 g/mol. The minimum absolute atomic E-state index is 0.0918. The molecule has 0 radical (unpaired) electrons. The summed E-state index contributed by atoms with van der Waals surface area (Å²) in [6.45, 7) is 0. The summed E-state index contributed by atoms with van der Waals surface area (Å²) in [6.07, 6.45) is 0. The fourth-order valence-electron chi connectivity index (χ4n) is 0.683. The van der Waals surface area contributed by atoms with Crippen LogP contribution in [0.5, 0.6) is 0 Å². The van der Waals surface area contributed by atoms with Gasteiger partial charge < -0.3 is 10.7 Å². The Labute approximate surface area is 62.4 Å². The first-order valence-electron chi connectivity index (χ1n) is 2.86. The number of hydrogen-bond donors (Lipinski definition) is 1. The molecule has 1 aromatic rings. The molecule has 0 aliphatic carbocycles. The number of benzene rings is 1. The van der Waals surface area contributed by atoms with Gasteiger partial charge in [-0.05, 0) is 6.07 Å². The second kappa shape index (κ2) is 2.98. The standard InChI is InChI=1S/C6H5N2O3/c9-7-5-2-1-3-6(4-5)8(10)11/h1-4,7H/q-1. The second-order valence-corrected chi connectivity index (χ2v) is 1.91. The van der Waals surface area contributed by atoms with Crippen LogP contribution in [0.25, 0.3) is 0 Å². The first-order valence-corrected chi connectivity index (χ1v) is 2.86. The maximum absolute atomic E-state index is 10.1. The lowest BCUT2D eigenvalue weighted by molar-refractivity contribution is -0.384. The summed E-state index contributed by atoms with van der Waals surface area (Å²) in [7, 11) is 0. The molecular weight excluding hydrogens is 148 g/mol. The van der Waals surface area contributed by atoms with Crippen LogP contribution in [0.1, 0.15) is 0 Å². The van der Waals surface area contributed by atoms with E-state index in [0.29, 0.717) is 0 Å². The Kier molecular flexibility index (Phi) is 2.03. The van der Waals surface area contributed by atoms with Crippen molar-refractivity contribution in [2.24, 2.45) is 0 Å². The lowest BCUT2D eigenvalue weighted by atomic mass is 10.3. The summed E-state index contributed by atoms with van der Waals surface area (Å²) in [4.78, 5) is 9.59. The van der Waals surface area contributed by atoms with Crippen molar-refractivity contribution in [3.8, 4) is 0 Å². The first-order chi connectivity index (χ1) is 5.24. The van der Waals surface area contributed by atoms with E-state index in [4.69, 9.17) is 0 Å². The number of rotatable bonds is 2. The zero-order valence-electron chi connectivity index (χ0n) is 5.48. The zero-order chi connectivity index (χ0) is 8.27. The highest BCUT2D eigenvalue weighted by atomic mass is 16.6. The molecule has 0 aliphatic heterocycles. The Morgan fingerprint density at radius 3 is 2.73 bits per heavy atom. The van der Waals surface area contributed by atoms with Gasteiger partial charge in [0.25, 0.3) is 5.69 Å². The molecule has 0 saturated heterocycles. The van der Waals surface area contributed by atoms with Crippen LogP contribution < -0.4 is 5.48 Å². The molecule has 0 bridgehead atoms. The predicted octanol–water partition coefficient (Wildman–Crippen LogP) is 1.50. The SMILES string of the molecule is O=[N+]([O-])c1cccc(N[O-])c1. The van der Waals surface area contributed by atoms with Crippen molar-refractivity contribution in [1.82, 2.24) is 0 Å². The Morgan fingerprint density at radius 1 is 1.45 bits per heavy atom. The quantitative estimate of drug-likeness (QED) is 0.515. The van der Waals surface area contributed by atoms with Crippen molar-refractivity contribution in [3.63, 3.8) is 0 Å². The lowest BCUT2D eigenvalue weighted by Crippen LogP contribution is -1.89. The second-order valence-electron chi connectivity index (χ2n) is 1.91. The normalized spacial score (nSPS) is 9.18. The number of non-ortho nitro benzene ring substituents is 1. The number of nitro groups is 1. The Balaban J connectivity index is 3.01. The van der Waals surface area contributed by atoms with Crippen molar-refractivity contribution in [1.29, 1.82) is 0 Å². The molecule has 1 aromatic carbocycles. The fraction of sp³-hybridized carbons (Fsp3) is 0. The average molecular weight is 153 g/mol. The Morgan fingerprint density at radius 2 is 2.18 bits per heavy atom. The molecule has 0 spiro atoms. The van der Waals surface area contributed by atoms with E-state index >= 15 is 0 Å². The van der Waals surface area contributed by atoms with E-state index in [-0.39, 0.29) is 11.4 Å². The van der Waals surface area contributed by atoms with Crippen LogP contribution in [0, 0.1) is 15.3 Å². The highest BCUT2D eigenvalue weighted by Gasteiger charge is 2.02. The maximum Gasteiger partial charge on any atom is 0.271 e. The number of nitrogens with zero attached hydrogens (tertiary/aromatic N) is 1. The highest BCUT2D eigenvalue weighted by Crippen LogP contribution is 2.15. The van der Waals surface area contributed by atoms with Crippen LogP contribution in [0.4, 0.5) is 11.4 Å². The molecule has 0 atom stereocenters. The largest absolute Gasteiger partial charge is 0.761 e. The molecule has 0 saturated carbocycles. The molecule has 0 heterocycles. The van der Waals surface area contributed by atoms with Crippen LogP contribution in [-0.4, -0.2) is 4.92 Å². The van der Waals surface area contributed by atoms with Crippen LogP contribution in [0.3, 0.4) is 0 Å². The molecule has 1 rings (SSSR count). The predicted molar refractivity (Wildman–Crippen MR) is 40.1 cm³/mol. The van der Waals surface area contributed by atoms with Gasteiger partial charge in [0, 0.05) is 17.8 Å². The van der Waals surface area contributed by atoms with E-state index in [2.05, 4.69) is 0 Å². The summed E-state index contributed by atoms with van der Waals surface area (Å²) < 4.78 is 0. The third kappa shape index (κ3) is 1.65. The van der Waals surface area contributed by atoms with E-state index in [1.807, 2.05) is 0 Å². The molecule has 1 N–H and O–H groups in total. The molecule has 0 aromatic heterocycles. The topological polar surface area (TPSA) is 78.2 Å². The van der Waals surface area contributed by atoms with E-state index in [9.17, 15) is 15.3 Å². The van der Waals surface area contributed by atoms with Gasteiger partial charge in [0.2, 0.25) is 0 Å². The minimum atomic E-state index is -0.555. The van der Waals surface area contributed by atoms with Gasteiger partial charge in [0.15, 0.2) is 0 Å². The van der Waals surface area contributed by atoms with Crippen LogP contribution in [-0.2, 0) is 0 Å². The number of nitrogens with one attached hydrogen (secondary N) is 1. The molecular formula is C6H5N2O3-. The van der Waals surface area contributed by atoms with Gasteiger partial charge in [-0.2, -0.15) is 0 Å². The minimum Gasteiger partial charge on any atom is -0.761 e. The highest BCUT2D eigenvalue weighted by molar-refractivity contribution is 5.51. The van der Waals surface area contributed by atoms with Gasteiger partial charge in [-0.1, -0.05) is 6.07 Å². The molecule has 0 aliphatic rings. The van der Waals surface area contributed by atoms with Gasteiger partial charge in [-0.25, -0.2) is 0 Å². The van der Waals surface area contributed by atoms with Gasteiger partial charge in [0.05, 0.1) is 4.92 Å². The summed E-state index contributed by atoms with van der Waals surface area (Å²) in [5.74, 6) is 0. The van der Waals surface area contributed by atoms with Crippen molar-refractivity contribution in [2.45, 2.75) is 0 Å². The summed E-state index contributed by atoms with van der Waals surface area (Å²) in [5, 5.41) is 20.2. The van der Waals surface area contributed by atoms with Crippen molar-refractivity contribution in [3.05, 3.63) is 39.6 Å². The average Bonchev–Trinajstić information content (AvgIpc) is 2.05. The number of hydrogen-bond acceptors (Lipinski definition) is 4. The van der Waals surface area contributed by atoms with E-state index in [1.165, 1.54) is 24.3 Å². The third-order valence-electron chi connectivity index (χ3n) is 1.17. The van der Waals surface area contributed by atoms with E-state index in [1.54, 1.807) is 5.48 Å². The fourth-order valence-corrected chi connectivity index (χ4v) is 0.683. The van der Waals surface area contributed by atoms with Crippen molar-refractivity contribution in [2.75, 3.05) is 5.48 Å². The van der Waals surface area contributed by atoms with Gasteiger partial charge >= 0.3 is 0 Å². The van der Waals surface area contributed by atoms with E-state index in [0.717, 1.165) is 0 Å². The molecule has 0 unspecified atom stereocenters. The zero-order valence-corrected chi connectivity index (χ0v) is 5.48. The van der Waals surface area contributed by atoms with Crippen LogP contribution in [0.2, 0.25) is 0 Å². The smallest absolute Gasteiger partial charge is 0.271 e. The summed E-state index contributed by atoms with van der Waals surface area (Å²) in [6, 6.07) is 5.40. The third-order valence-corrected chi connectivity index (χ3v) is 1.17. The van der Waals surface area contributed by atoms with Crippen molar-refractivity contribution >= 4 is 11.4 Å². The molecule has 0 amide bonds. The lowest BCUT2D eigenvalue weighted by Gasteiger charge is -2.07. The Bertz CT molecular complexity index is 274. The summed E-state index contributed by atoms with van der Waals surface area (Å²) >= 11 is 0. The number of anilines is 1. The first kappa shape index (κ1) is 7.49. The Hall–Kier alpha value is -1.62. The molecule has 5 nitrogen and oxygen atoms in total. The maximum atomic E-state index is 10.1. The number of nitro benzene ring substituents is 1. The molecule has 58 valence electrons. The molecule has 0 fully saturated rings. The molecule has 5 heteroatoms.